The van der Waals surface area contributed by atoms with Crippen LogP contribution >= 0.6 is 11.6 Å². The molecule has 2 nitrogen and oxygen atoms in total. The Morgan fingerprint density at radius 1 is 1.10 bits per heavy atom. The minimum absolute atomic E-state index is 0.164. The minimum Gasteiger partial charge on any atom is -0.361 e. The van der Waals surface area contributed by atoms with Crippen molar-refractivity contribution in [1.82, 2.24) is 10.3 Å². The van der Waals surface area contributed by atoms with Crippen molar-refractivity contribution in [1.29, 1.82) is 0 Å². The molecule has 0 fully saturated rings. The second-order valence-corrected chi connectivity index (χ2v) is 5.12. The van der Waals surface area contributed by atoms with Crippen LogP contribution in [0.4, 0.5) is 4.39 Å². The summed E-state index contributed by atoms with van der Waals surface area (Å²) in [6.45, 7) is 1.41. The van der Waals surface area contributed by atoms with E-state index in [2.05, 4.69) is 28.5 Å². The number of aromatic nitrogens is 1. The van der Waals surface area contributed by atoms with Crippen molar-refractivity contribution in [2.45, 2.75) is 13.1 Å². The van der Waals surface area contributed by atoms with Crippen molar-refractivity contribution in [2.24, 2.45) is 0 Å². The second kappa shape index (κ2) is 5.65. The maximum atomic E-state index is 13.1. The number of nitrogens with one attached hydrogen (secondary N) is 2. The molecule has 102 valence electrons. The second-order valence-electron chi connectivity index (χ2n) is 4.71. The van der Waals surface area contributed by atoms with E-state index in [4.69, 9.17) is 11.6 Å². The van der Waals surface area contributed by atoms with Gasteiger partial charge < -0.3 is 10.3 Å². The molecule has 0 atom stereocenters. The lowest BCUT2D eigenvalue weighted by Gasteiger charge is -2.07. The van der Waals surface area contributed by atoms with E-state index in [1.807, 2.05) is 12.3 Å². The average Bonchev–Trinajstić information content (AvgIpc) is 2.92. The number of rotatable bonds is 4. The van der Waals surface area contributed by atoms with Crippen molar-refractivity contribution in [2.75, 3.05) is 0 Å². The van der Waals surface area contributed by atoms with Gasteiger partial charge in [-0.25, -0.2) is 4.39 Å². The van der Waals surface area contributed by atoms with Gasteiger partial charge in [-0.2, -0.15) is 0 Å². The summed E-state index contributed by atoms with van der Waals surface area (Å²) in [5, 5.41) is 4.74. The van der Waals surface area contributed by atoms with E-state index >= 15 is 0 Å². The first-order chi connectivity index (χ1) is 9.74. The molecule has 0 saturated carbocycles. The molecule has 0 unspecified atom stereocenters. The fraction of sp³-hybridized carbons (Fsp3) is 0.125. The zero-order valence-electron chi connectivity index (χ0n) is 10.8. The summed E-state index contributed by atoms with van der Waals surface area (Å²) in [6.07, 6.45) is 1.94. The van der Waals surface area contributed by atoms with Crippen molar-refractivity contribution >= 4 is 22.5 Å². The molecule has 3 rings (SSSR count). The quantitative estimate of drug-likeness (QED) is 0.738. The predicted molar refractivity (Wildman–Crippen MR) is 80.3 cm³/mol. The van der Waals surface area contributed by atoms with Crippen molar-refractivity contribution in [3.8, 4) is 0 Å². The molecular formula is C16H14ClFN2. The van der Waals surface area contributed by atoms with Gasteiger partial charge in [0.1, 0.15) is 5.82 Å². The first-order valence-corrected chi connectivity index (χ1v) is 6.81. The van der Waals surface area contributed by atoms with Crippen molar-refractivity contribution in [3.63, 3.8) is 0 Å². The van der Waals surface area contributed by atoms with Gasteiger partial charge in [0.25, 0.3) is 0 Å². The van der Waals surface area contributed by atoms with Gasteiger partial charge in [0.15, 0.2) is 0 Å². The summed E-state index contributed by atoms with van der Waals surface area (Å²) in [5.41, 5.74) is 3.34. The molecule has 0 saturated heterocycles. The van der Waals surface area contributed by atoms with Crippen LogP contribution in [0.3, 0.4) is 0 Å². The molecule has 0 radical (unpaired) electrons. The molecule has 0 bridgehead atoms. The SMILES string of the molecule is Fc1ccc(CNCc2cccc3[nH]ccc23)cc1Cl. The molecule has 1 heterocycles. The molecule has 4 heteroatoms. The first-order valence-electron chi connectivity index (χ1n) is 6.43. The van der Waals surface area contributed by atoms with E-state index in [1.165, 1.54) is 17.0 Å². The van der Waals surface area contributed by atoms with E-state index in [-0.39, 0.29) is 10.8 Å². The maximum Gasteiger partial charge on any atom is 0.141 e. The lowest BCUT2D eigenvalue weighted by molar-refractivity contribution is 0.625. The average molecular weight is 289 g/mol. The predicted octanol–water partition coefficient (Wildman–Crippen LogP) is 4.25. The van der Waals surface area contributed by atoms with Gasteiger partial charge in [-0.15, -0.1) is 0 Å². The van der Waals surface area contributed by atoms with Gasteiger partial charge >= 0.3 is 0 Å². The van der Waals surface area contributed by atoms with Crippen LogP contribution in [0.5, 0.6) is 0 Å². The van der Waals surface area contributed by atoms with Crippen LogP contribution in [0, 0.1) is 5.82 Å². The van der Waals surface area contributed by atoms with Crippen LogP contribution in [0.25, 0.3) is 10.9 Å². The molecule has 1 aromatic heterocycles. The highest BCUT2D eigenvalue weighted by atomic mass is 35.5. The van der Waals surface area contributed by atoms with Crippen LogP contribution in [0.1, 0.15) is 11.1 Å². The van der Waals surface area contributed by atoms with E-state index < -0.39 is 0 Å². The fourth-order valence-electron chi connectivity index (χ4n) is 2.30. The Balaban J connectivity index is 1.68. The van der Waals surface area contributed by atoms with E-state index in [1.54, 1.807) is 12.1 Å². The van der Waals surface area contributed by atoms with E-state index in [0.29, 0.717) is 6.54 Å². The fourth-order valence-corrected chi connectivity index (χ4v) is 2.50. The van der Waals surface area contributed by atoms with Crippen molar-refractivity contribution in [3.05, 3.63) is 70.6 Å². The molecule has 0 amide bonds. The number of benzene rings is 2. The van der Waals surface area contributed by atoms with E-state index in [0.717, 1.165) is 17.6 Å². The number of fused-ring (bicyclic) bond motifs is 1. The van der Waals surface area contributed by atoms with Crippen LogP contribution in [-0.2, 0) is 13.1 Å². The van der Waals surface area contributed by atoms with E-state index in [9.17, 15) is 4.39 Å². The Morgan fingerprint density at radius 2 is 2.00 bits per heavy atom. The van der Waals surface area contributed by atoms with Gasteiger partial charge in [-0.1, -0.05) is 29.8 Å². The first kappa shape index (κ1) is 13.2. The zero-order chi connectivity index (χ0) is 13.9. The summed E-state index contributed by atoms with van der Waals surface area (Å²) >= 11 is 5.77. The third-order valence-electron chi connectivity index (χ3n) is 3.31. The number of halogens is 2. The highest BCUT2D eigenvalue weighted by Gasteiger charge is 2.03. The summed E-state index contributed by atoms with van der Waals surface area (Å²) in [5.74, 6) is -0.382. The molecule has 2 N–H and O–H groups in total. The molecule has 0 aliphatic rings. The summed E-state index contributed by atoms with van der Waals surface area (Å²) in [7, 11) is 0. The normalized spacial score (nSPS) is 11.1. The minimum atomic E-state index is -0.382. The zero-order valence-corrected chi connectivity index (χ0v) is 11.5. The third kappa shape index (κ3) is 2.69. The Morgan fingerprint density at radius 3 is 2.85 bits per heavy atom. The van der Waals surface area contributed by atoms with Crippen LogP contribution in [0.2, 0.25) is 5.02 Å². The topological polar surface area (TPSA) is 27.8 Å². The largest absolute Gasteiger partial charge is 0.361 e. The summed E-state index contributed by atoms with van der Waals surface area (Å²) in [4.78, 5) is 3.19. The standard InChI is InChI=1S/C16H14ClFN2/c17-14-8-11(4-5-15(14)18)9-19-10-12-2-1-3-16-13(12)6-7-20-16/h1-8,19-20H,9-10H2. The van der Waals surface area contributed by atoms with Crippen LogP contribution < -0.4 is 5.32 Å². The summed E-state index contributed by atoms with van der Waals surface area (Å²) in [6, 6.07) is 13.0. The Hall–Kier alpha value is -1.84. The highest BCUT2D eigenvalue weighted by molar-refractivity contribution is 6.30. The lowest BCUT2D eigenvalue weighted by Crippen LogP contribution is -2.12. The molecule has 20 heavy (non-hydrogen) atoms. The van der Waals surface area contributed by atoms with Crippen LogP contribution in [0.15, 0.2) is 48.7 Å². The molecule has 0 spiro atoms. The Bertz CT molecular complexity index is 736. The Labute approximate surface area is 121 Å². The molecule has 3 aromatic rings. The molecular weight excluding hydrogens is 275 g/mol. The highest BCUT2D eigenvalue weighted by Crippen LogP contribution is 2.18. The number of H-pyrrole nitrogens is 1. The van der Waals surface area contributed by atoms with Gasteiger partial charge in [0.05, 0.1) is 5.02 Å². The van der Waals surface area contributed by atoms with Gasteiger partial charge in [0.2, 0.25) is 0 Å². The summed E-state index contributed by atoms with van der Waals surface area (Å²) < 4.78 is 13.1. The number of aromatic amines is 1. The lowest BCUT2D eigenvalue weighted by atomic mass is 10.1. The Kier molecular flexibility index (Phi) is 3.72. The monoisotopic (exact) mass is 288 g/mol. The molecule has 0 aliphatic heterocycles. The van der Waals surface area contributed by atoms with Gasteiger partial charge in [0, 0.05) is 30.2 Å². The molecule has 2 aromatic carbocycles. The number of hydrogen-bond acceptors (Lipinski definition) is 1. The molecule has 0 aliphatic carbocycles. The van der Waals surface area contributed by atoms with Crippen molar-refractivity contribution < 1.29 is 4.39 Å². The van der Waals surface area contributed by atoms with Gasteiger partial charge in [-0.3, -0.25) is 0 Å². The van der Waals surface area contributed by atoms with Gasteiger partial charge in [-0.05, 0) is 35.4 Å². The van der Waals surface area contributed by atoms with Crippen LogP contribution in [-0.4, -0.2) is 4.98 Å². The smallest absolute Gasteiger partial charge is 0.141 e. The maximum absolute atomic E-state index is 13.1. The third-order valence-corrected chi connectivity index (χ3v) is 3.60. The number of hydrogen-bond donors (Lipinski definition) is 2.